The van der Waals surface area contributed by atoms with Crippen LogP contribution in [0.15, 0.2) is 48.7 Å². The molecule has 0 bridgehead atoms. The van der Waals surface area contributed by atoms with Gasteiger partial charge in [0.15, 0.2) is 11.5 Å². The largest absolute Gasteiger partial charge is 0.493 e. The van der Waals surface area contributed by atoms with Crippen molar-refractivity contribution >= 4 is 16.0 Å². The van der Waals surface area contributed by atoms with Gasteiger partial charge in [-0.1, -0.05) is 17.3 Å². The lowest BCUT2D eigenvalue weighted by Gasteiger charge is -2.37. The Bertz CT molecular complexity index is 1490. The predicted molar refractivity (Wildman–Crippen MR) is 151 cm³/mol. The van der Waals surface area contributed by atoms with E-state index in [1.165, 1.54) is 30.7 Å². The molecule has 5 rings (SSSR count). The number of nitrogens with zero attached hydrogens (tertiary/aromatic N) is 6. The summed E-state index contributed by atoms with van der Waals surface area (Å²) in [7, 11) is -0.393. The number of sulfonamides is 1. The molecule has 3 heterocycles. The smallest absolute Gasteiger partial charge is 0.338 e. The van der Waals surface area contributed by atoms with Crippen LogP contribution in [0.25, 0.3) is 0 Å². The first-order valence-electron chi connectivity index (χ1n) is 13.7. The van der Waals surface area contributed by atoms with Crippen LogP contribution in [0.4, 0.5) is 4.39 Å². The number of aromatic nitrogens is 3. The molecule has 0 spiro atoms. The minimum absolute atomic E-state index is 0.0629. The summed E-state index contributed by atoms with van der Waals surface area (Å²) in [6.07, 6.45) is 1.70. The first-order chi connectivity index (χ1) is 20.2. The third-order valence-corrected chi connectivity index (χ3v) is 9.42. The van der Waals surface area contributed by atoms with Crippen LogP contribution in [0.3, 0.4) is 0 Å². The van der Waals surface area contributed by atoms with Gasteiger partial charge in [0.25, 0.3) is 0 Å². The Kier molecular flexibility index (Phi) is 9.36. The molecule has 0 saturated carbocycles. The second kappa shape index (κ2) is 13.2. The molecule has 0 amide bonds. The number of carbonyl (C=O) groups is 1. The highest BCUT2D eigenvalue weighted by atomic mass is 32.2. The number of halogens is 1. The number of ether oxygens (including phenoxy) is 3. The molecule has 1 unspecified atom stereocenters. The molecular formula is C28H35FN6O6S. The van der Waals surface area contributed by atoms with Gasteiger partial charge < -0.3 is 14.2 Å². The monoisotopic (exact) mass is 602 g/mol. The van der Waals surface area contributed by atoms with E-state index in [1.807, 2.05) is 0 Å². The summed E-state index contributed by atoms with van der Waals surface area (Å²) >= 11 is 0. The van der Waals surface area contributed by atoms with E-state index in [0.717, 1.165) is 31.7 Å². The van der Waals surface area contributed by atoms with Crippen molar-refractivity contribution in [1.82, 2.24) is 29.1 Å². The van der Waals surface area contributed by atoms with Crippen LogP contribution >= 0.6 is 0 Å². The average Bonchev–Trinajstić information content (AvgIpc) is 3.55. The Morgan fingerprint density at radius 2 is 1.81 bits per heavy atom. The Balaban J connectivity index is 1.06. The fraction of sp³-hybridized carbons (Fsp3) is 0.464. The maximum atomic E-state index is 13.5. The molecule has 1 aromatic heterocycles. The van der Waals surface area contributed by atoms with Gasteiger partial charge >= 0.3 is 5.97 Å². The second-order valence-corrected chi connectivity index (χ2v) is 12.4. The van der Waals surface area contributed by atoms with Crippen LogP contribution in [0.1, 0.15) is 21.6 Å². The molecule has 0 N–H and O–H groups in total. The zero-order valence-electron chi connectivity index (χ0n) is 23.7. The molecule has 14 heteroatoms. The minimum Gasteiger partial charge on any atom is -0.493 e. The fourth-order valence-corrected chi connectivity index (χ4v) is 7.03. The Morgan fingerprint density at radius 3 is 2.55 bits per heavy atom. The highest BCUT2D eigenvalue weighted by Crippen LogP contribution is 2.28. The van der Waals surface area contributed by atoms with E-state index in [4.69, 9.17) is 14.2 Å². The van der Waals surface area contributed by atoms with Gasteiger partial charge in [-0.15, -0.1) is 5.10 Å². The van der Waals surface area contributed by atoms with Crippen molar-refractivity contribution in [3.8, 4) is 11.5 Å². The van der Waals surface area contributed by atoms with Crippen molar-refractivity contribution in [3.05, 3.63) is 71.3 Å². The first kappa shape index (κ1) is 29.9. The third kappa shape index (κ3) is 7.24. The van der Waals surface area contributed by atoms with E-state index < -0.39 is 16.0 Å². The number of hydrogen-bond donors (Lipinski definition) is 0. The summed E-state index contributed by atoms with van der Waals surface area (Å²) in [5.74, 6) is 0.309. The van der Waals surface area contributed by atoms with E-state index in [-0.39, 0.29) is 30.8 Å². The van der Waals surface area contributed by atoms with Gasteiger partial charge in [0.2, 0.25) is 10.0 Å². The lowest BCUT2D eigenvalue weighted by molar-refractivity contribution is 0.0401. The number of benzene rings is 2. The van der Waals surface area contributed by atoms with Gasteiger partial charge in [-0.2, -0.15) is 4.31 Å². The summed E-state index contributed by atoms with van der Waals surface area (Å²) < 4.78 is 58.3. The molecule has 2 fully saturated rings. The normalized spacial score (nSPS) is 19.5. The minimum atomic E-state index is -3.44. The molecule has 226 valence electrons. The van der Waals surface area contributed by atoms with Crippen LogP contribution in [0, 0.1) is 5.82 Å². The molecular weight excluding hydrogens is 567 g/mol. The van der Waals surface area contributed by atoms with Crippen LogP contribution in [-0.2, 0) is 27.8 Å². The SMILES string of the molecule is COc1ccc(C(=O)OCCN2CCN(C3CN(Cc4cn(Cc5cccc(F)c5)nn4)S(=O)(=O)C3)CC2)cc1OC. The summed E-state index contributed by atoms with van der Waals surface area (Å²) in [5, 5.41) is 8.21. The molecule has 0 aliphatic carbocycles. The third-order valence-electron chi connectivity index (χ3n) is 7.55. The first-order valence-corrected chi connectivity index (χ1v) is 15.3. The average molecular weight is 603 g/mol. The van der Waals surface area contributed by atoms with Crippen molar-refractivity contribution in [3.63, 3.8) is 0 Å². The number of piperazine rings is 1. The van der Waals surface area contributed by atoms with E-state index in [2.05, 4.69) is 20.1 Å². The maximum Gasteiger partial charge on any atom is 0.338 e. The Morgan fingerprint density at radius 1 is 1.02 bits per heavy atom. The number of methoxy groups -OCH3 is 2. The van der Waals surface area contributed by atoms with Gasteiger partial charge in [0.1, 0.15) is 12.4 Å². The van der Waals surface area contributed by atoms with Gasteiger partial charge in [0, 0.05) is 45.3 Å². The predicted octanol–water partition coefficient (Wildman–Crippen LogP) is 1.47. The van der Waals surface area contributed by atoms with Gasteiger partial charge in [0.05, 0.1) is 50.5 Å². The summed E-state index contributed by atoms with van der Waals surface area (Å²) in [6, 6.07) is 11.0. The number of hydrogen-bond acceptors (Lipinski definition) is 10. The maximum absolute atomic E-state index is 13.5. The Labute approximate surface area is 244 Å². The standard InChI is InChI=1S/C28H35FN6O6S/c1-39-26-7-6-22(15-27(26)40-2)28(36)41-13-12-32-8-10-33(11-9-32)25-19-35(42(37,38)20-25)18-24-17-34(31-30-24)16-21-4-3-5-23(29)14-21/h3-7,14-15,17,25H,8-13,16,18-20H2,1-2H3. The molecule has 2 saturated heterocycles. The van der Waals surface area contributed by atoms with Crippen molar-refractivity contribution in [1.29, 1.82) is 0 Å². The van der Waals surface area contributed by atoms with Gasteiger partial charge in [-0.05, 0) is 35.9 Å². The van der Waals surface area contributed by atoms with Gasteiger partial charge in [-0.25, -0.2) is 22.3 Å². The van der Waals surface area contributed by atoms with Crippen LogP contribution in [0.2, 0.25) is 0 Å². The highest BCUT2D eigenvalue weighted by molar-refractivity contribution is 7.89. The van der Waals surface area contributed by atoms with E-state index in [0.29, 0.717) is 42.4 Å². The second-order valence-electron chi connectivity index (χ2n) is 10.3. The molecule has 2 aliphatic rings. The molecule has 3 aromatic rings. The summed E-state index contributed by atoms with van der Waals surface area (Å²) in [4.78, 5) is 16.9. The quantitative estimate of drug-likeness (QED) is 0.299. The number of rotatable bonds is 11. The zero-order chi connectivity index (χ0) is 29.7. The molecule has 12 nitrogen and oxygen atoms in total. The molecule has 1 atom stereocenters. The number of esters is 1. The van der Waals surface area contributed by atoms with E-state index in [9.17, 15) is 17.6 Å². The van der Waals surface area contributed by atoms with Crippen molar-refractivity contribution < 1.29 is 31.8 Å². The highest BCUT2D eigenvalue weighted by Gasteiger charge is 2.40. The fourth-order valence-electron chi connectivity index (χ4n) is 5.29. The molecule has 42 heavy (non-hydrogen) atoms. The lowest BCUT2D eigenvalue weighted by atomic mass is 10.2. The van der Waals surface area contributed by atoms with Crippen LogP contribution in [-0.4, -0.2) is 115 Å². The van der Waals surface area contributed by atoms with Crippen molar-refractivity contribution in [2.45, 2.75) is 19.1 Å². The molecule has 2 aliphatic heterocycles. The summed E-state index contributed by atoms with van der Waals surface area (Å²) in [5.41, 5.74) is 1.68. The van der Waals surface area contributed by atoms with E-state index >= 15 is 0 Å². The zero-order valence-corrected chi connectivity index (χ0v) is 24.5. The molecule has 2 aromatic carbocycles. The van der Waals surface area contributed by atoms with Crippen LogP contribution < -0.4 is 9.47 Å². The van der Waals surface area contributed by atoms with Crippen molar-refractivity contribution in [2.75, 3.05) is 65.8 Å². The van der Waals surface area contributed by atoms with Crippen LogP contribution in [0.5, 0.6) is 11.5 Å². The van der Waals surface area contributed by atoms with E-state index in [1.54, 1.807) is 41.2 Å². The summed E-state index contributed by atoms with van der Waals surface area (Å²) in [6.45, 7) is 4.67. The number of carbonyl (C=O) groups excluding carboxylic acids is 1. The molecule has 0 radical (unpaired) electrons. The van der Waals surface area contributed by atoms with Crippen molar-refractivity contribution in [2.24, 2.45) is 0 Å². The lowest BCUT2D eigenvalue weighted by Crippen LogP contribution is -2.52. The van der Waals surface area contributed by atoms with Gasteiger partial charge in [-0.3, -0.25) is 9.80 Å². The topological polar surface area (TPSA) is 119 Å². The Hall–Kier alpha value is -3.59.